The van der Waals surface area contributed by atoms with Crippen molar-refractivity contribution in [2.45, 2.75) is 18.0 Å². The van der Waals surface area contributed by atoms with Gasteiger partial charge in [0, 0.05) is 10.7 Å². The molecule has 1 aromatic heterocycles. The molecule has 0 atom stereocenters. The molecule has 20 heavy (non-hydrogen) atoms. The van der Waals surface area contributed by atoms with Gasteiger partial charge in [-0.15, -0.1) is 0 Å². The van der Waals surface area contributed by atoms with E-state index in [1.807, 2.05) is 0 Å². The Morgan fingerprint density at radius 2 is 1.95 bits per heavy atom. The number of hydrogen-bond donors (Lipinski definition) is 0. The summed E-state index contributed by atoms with van der Waals surface area (Å²) in [6.45, 7) is 1.41. The van der Waals surface area contributed by atoms with E-state index in [-0.39, 0.29) is 16.3 Å². The van der Waals surface area contributed by atoms with E-state index in [0.29, 0.717) is 0 Å². The SMILES string of the molecule is Cc1c(S(=O)(=O)Cl)cnn1-c1cccc(C(F)(F)F)c1. The van der Waals surface area contributed by atoms with Crippen LogP contribution < -0.4 is 0 Å². The zero-order chi connectivity index (χ0) is 15.1. The van der Waals surface area contributed by atoms with Crippen molar-refractivity contribution in [3.8, 4) is 5.69 Å². The lowest BCUT2D eigenvalue weighted by molar-refractivity contribution is -0.137. The van der Waals surface area contributed by atoms with Crippen LogP contribution in [-0.4, -0.2) is 18.2 Å². The summed E-state index contributed by atoms with van der Waals surface area (Å²) in [7, 11) is 1.21. The van der Waals surface area contributed by atoms with Crippen LogP contribution in [0.15, 0.2) is 35.4 Å². The fraction of sp³-hybridized carbons (Fsp3) is 0.182. The fourth-order valence-electron chi connectivity index (χ4n) is 1.71. The van der Waals surface area contributed by atoms with Crippen molar-refractivity contribution in [2.75, 3.05) is 0 Å². The predicted molar refractivity (Wildman–Crippen MR) is 66.3 cm³/mol. The Morgan fingerprint density at radius 3 is 2.45 bits per heavy atom. The lowest BCUT2D eigenvalue weighted by atomic mass is 10.2. The van der Waals surface area contributed by atoms with Crippen LogP contribution in [-0.2, 0) is 15.2 Å². The van der Waals surface area contributed by atoms with E-state index in [0.717, 1.165) is 23.0 Å². The summed E-state index contributed by atoms with van der Waals surface area (Å²) in [6.07, 6.45) is -3.49. The van der Waals surface area contributed by atoms with Crippen LogP contribution in [0.2, 0.25) is 0 Å². The lowest BCUT2D eigenvalue weighted by Crippen LogP contribution is -2.07. The van der Waals surface area contributed by atoms with E-state index in [1.165, 1.54) is 19.1 Å². The summed E-state index contributed by atoms with van der Waals surface area (Å²) in [5, 5.41) is 3.76. The van der Waals surface area contributed by atoms with E-state index >= 15 is 0 Å². The minimum absolute atomic E-state index is 0.101. The molecule has 0 amide bonds. The lowest BCUT2D eigenvalue weighted by Gasteiger charge is -2.10. The maximum Gasteiger partial charge on any atom is 0.416 e. The quantitative estimate of drug-likeness (QED) is 0.797. The van der Waals surface area contributed by atoms with E-state index in [2.05, 4.69) is 5.10 Å². The molecule has 0 unspecified atom stereocenters. The van der Waals surface area contributed by atoms with Crippen molar-refractivity contribution in [3.05, 3.63) is 41.7 Å². The Labute approximate surface area is 117 Å². The predicted octanol–water partition coefficient (Wildman–Crippen LogP) is 3.13. The Bertz CT molecular complexity index is 753. The molecular weight excluding hydrogens is 317 g/mol. The number of nitrogens with zero attached hydrogens (tertiary/aromatic N) is 2. The molecule has 1 heterocycles. The minimum Gasteiger partial charge on any atom is -0.237 e. The van der Waals surface area contributed by atoms with Crippen molar-refractivity contribution in [1.29, 1.82) is 0 Å². The molecule has 0 spiro atoms. The molecule has 0 bridgehead atoms. The number of halogens is 4. The smallest absolute Gasteiger partial charge is 0.237 e. The van der Waals surface area contributed by atoms with Gasteiger partial charge in [0.25, 0.3) is 9.05 Å². The standard InChI is InChI=1S/C11H8ClF3N2O2S/c1-7-10(20(12,18)19)6-16-17(7)9-4-2-3-8(5-9)11(13,14)15/h2-6H,1H3. The average molecular weight is 325 g/mol. The van der Waals surface area contributed by atoms with Gasteiger partial charge in [0.05, 0.1) is 23.1 Å². The molecule has 2 rings (SSSR count). The van der Waals surface area contributed by atoms with Gasteiger partial charge in [-0.25, -0.2) is 13.1 Å². The van der Waals surface area contributed by atoms with E-state index in [9.17, 15) is 21.6 Å². The van der Waals surface area contributed by atoms with E-state index < -0.39 is 20.8 Å². The summed E-state index contributed by atoms with van der Waals surface area (Å²) >= 11 is 0. The maximum atomic E-state index is 12.6. The van der Waals surface area contributed by atoms with Gasteiger partial charge in [-0.1, -0.05) is 6.07 Å². The Kier molecular flexibility index (Phi) is 3.55. The van der Waals surface area contributed by atoms with Gasteiger partial charge in [0.15, 0.2) is 0 Å². The van der Waals surface area contributed by atoms with E-state index in [4.69, 9.17) is 10.7 Å². The van der Waals surface area contributed by atoms with Crippen molar-refractivity contribution in [2.24, 2.45) is 0 Å². The van der Waals surface area contributed by atoms with Crippen LogP contribution in [0.1, 0.15) is 11.3 Å². The van der Waals surface area contributed by atoms with Gasteiger partial charge in [0.2, 0.25) is 0 Å². The summed E-state index contributed by atoms with van der Waals surface area (Å²) in [5.41, 5.74) is -0.608. The van der Waals surface area contributed by atoms with Crippen LogP contribution in [0, 0.1) is 6.92 Å². The van der Waals surface area contributed by atoms with Crippen LogP contribution in [0.3, 0.4) is 0 Å². The van der Waals surface area contributed by atoms with Crippen molar-refractivity contribution >= 4 is 19.7 Å². The zero-order valence-electron chi connectivity index (χ0n) is 10.0. The molecule has 0 saturated heterocycles. The molecular formula is C11H8ClF3N2O2S. The molecule has 4 nitrogen and oxygen atoms in total. The van der Waals surface area contributed by atoms with Crippen LogP contribution in [0.4, 0.5) is 13.2 Å². The summed E-state index contributed by atoms with van der Waals surface area (Å²) in [4.78, 5) is -0.239. The van der Waals surface area contributed by atoms with Crippen molar-refractivity contribution in [3.63, 3.8) is 0 Å². The van der Waals surface area contributed by atoms with Gasteiger partial charge >= 0.3 is 6.18 Å². The second-order valence-corrected chi connectivity index (χ2v) is 6.53. The molecule has 0 aliphatic heterocycles. The Balaban J connectivity index is 2.57. The van der Waals surface area contributed by atoms with Crippen LogP contribution in [0.25, 0.3) is 5.69 Å². The molecule has 0 N–H and O–H groups in total. The Morgan fingerprint density at radius 1 is 1.30 bits per heavy atom. The monoisotopic (exact) mass is 324 g/mol. The van der Waals surface area contributed by atoms with Gasteiger partial charge in [-0.3, -0.25) is 0 Å². The average Bonchev–Trinajstić information content (AvgIpc) is 2.70. The second-order valence-electron chi connectivity index (χ2n) is 3.99. The number of aromatic nitrogens is 2. The minimum atomic E-state index is -4.49. The summed E-state index contributed by atoms with van der Waals surface area (Å²) in [5.74, 6) is 0. The first-order valence-corrected chi connectivity index (χ1v) is 7.58. The summed E-state index contributed by atoms with van der Waals surface area (Å²) in [6, 6.07) is 4.40. The normalized spacial score (nSPS) is 12.7. The number of hydrogen-bond acceptors (Lipinski definition) is 3. The fourth-order valence-corrected chi connectivity index (χ4v) is 2.78. The first-order valence-electron chi connectivity index (χ1n) is 5.27. The molecule has 0 radical (unpaired) electrons. The van der Waals surface area contributed by atoms with Crippen LogP contribution >= 0.6 is 10.7 Å². The number of benzene rings is 1. The topological polar surface area (TPSA) is 52.0 Å². The highest BCUT2D eigenvalue weighted by molar-refractivity contribution is 8.13. The molecule has 0 fully saturated rings. The highest BCUT2D eigenvalue weighted by Gasteiger charge is 2.30. The van der Waals surface area contributed by atoms with Gasteiger partial charge in [-0.2, -0.15) is 18.3 Å². The third kappa shape index (κ3) is 2.80. The molecule has 0 aliphatic rings. The molecule has 108 valence electrons. The van der Waals surface area contributed by atoms with E-state index in [1.54, 1.807) is 0 Å². The third-order valence-electron chi connectivity index (χ3n) is 2.65. The zero-order valence-corrected chi connectivity index (χ0v) is 11.6. The van der Waals surface area contributed by atoms with Gasteiger partial charge in [-0.05, 0) is 25.1 Å². The molecule has 0 saturated carbocycles. The highest BCUT2D eigenvalue weighted by atomic mass is 35.7. The molecule has 1 aromatic carbocycles. The third-order valence-corrected chi connectivity index (χ3v) is 4.07. The summed E-state index contributed by atoms with van der Waals surface area (Å²) < 4.78 is 61.5. The molecule has 2 aromatic rings. The van der Waals surface area contributed by atoms with Crippen molar-refractivity contribution < 1.29 is 21.6 Å². The molecule has 9 heteroatoms. The molecule has 0 aliphatic carbocycles. The highest BCUT2D eigenvalue weighted by Crippen LogP contribution is 2.31. The first kappa shape index (κ1) is 14.9. The van der Waals surface area contributed by atoms with Crippen molar-refractivity contribution in [1.82, 2.24) is 9.78 Å². The Hall–Kier alpha value is -1.54. The maximum absolute atomic E-state index is 12.6. The first-order chi connectivity index (χ1) is 9.10. The van der Waals surface area contributed by atoms with Gasteiger partial charge in [0.1, 0.15) is 4.90 Å². The number of alkyl halides is 3. The largest absolute Gasteiger partial charge is 0.416 e. The van der Waals surface area contributed by atoms with Crippen LogP contribution in [0.5, 0.6) is 0 Å². The van der Waals surface area contributed by atoms with Gasteiger partial charge < -0.3 is 0 Å². The second kappa shape index (κ2) is 4.78. The number of rotatable bonds is 2.